The third-order valence-corrected chi connectivity index (χ3v) is 0.924. The van der Waals surface area contributed by atoms with Crippen molar-refractivity contribution in [2.75, 3.05) is 5.73 Å². The van der Waals surface area contributed by atoms with E-state index < -0.39 is 0 Å². The maximum Gasteiger partial charge on any atom is 0.293 e. The van der Waals surface area contributed by atoms with Gasteiger partial charge in [0, 0.05) is 0 Å². The number of nitrogens with one attached hydrogen (secondary N) is 1. The lowest BCUT2D eigenvalue weighted by molar-refractivity contribution is -0.138. The van der Waals surface area contributed by atoms with Gasteiger partial charge in [-0.2, -0.15) is 5.10 Å². The van der Waals surface area contributed by atoms with Gasteiger partial charge in [-0.05, 0) is 26.8 Å². The number of ether oxygens (including phenoxy) is 1. The third-order valence-electron chi connectivity index (χ3n) is 0.924. The molecular weight excluding hydrogens is 170 g/mol. The van der Waals surface area contributed by atoms with Gasteiger partial charge in [0.25, 0.3) is 6.47 Å². The molecule has 3 N–H and O–H groups in total. The Labute approximate surface area is 77.3 Å². The second kappa shape index (κ2) is 5.18. The van der Waals surface area contributed by atoms with Gasteiger partial charge in [0.1, 0.15) is 11.4 Å². The lowest BCUT2D eigenvalue weighted by atomic mass is 10.2. The highest BCUT2D eigenvalue weighted by Gasteiger charge is 2.07. The van der Waals surface area contributed by atoms with Crippen LogP contribution in [-0.4, -0.2) is 22.3 Å². The number of rotatable bonds is 1. The first-order chi connectivity index (χ1) is 5.95. The zero-order valence-corrected chi connectivity index (χ0v) is 8.07. The highest BCUT2D eigenvalue weighted by Crippen LogP contribution is 2.02. The second-order valence-electron chi connectivity index (χ2n) is 3.34. The van der Waals surface area contributed by atoms with E-state index in [1.165, 1.54) is 0 Å². The SMILES string of the molecule is CC(C)(C)OC=O.Nc1ccn[nH]1. The Kier molecular flexibility index (Phi) is 4.58. The molecule has 0 aliphatic carbocycles. The second-order valence-corrected chi connectivity index (χ2v) is 3.34. The van der Waals surface area contributed by atoms with E-state index in [4.69, 9.17) is 5.73 Å². The minimum absolute atomic E-state index is 0.318. The molecule has 0 saturated heterocycles. The summed E-state index contributed by atoms with van der Waals surface area (Å²) in [5, 5.41) is 6.10. The number of nitrogen functional groups attached to an aromatic ring is 1. The topological polar surface area (TPSA) is 81.0 Å². The zero-order chi connectivity index (χ0) is 10.3. The number of hydrogen-bond donors (Lipinski definition) is 2. The number of aromatic amines is 1. The number of carbonyl (C=O) groups is 1. The fourth-order valence-corrected chi connectivity index (χ4v) is 0.411. The molecule has 0 aliphatic heterocycles. The molecule has 1 aromatic heterocycles. The minimum atomic E-state index is -0.318. The van der Waals surface area contributed by atoms with Gasteiger partial charge in [-0.25, -0.2) is 0 Å². The Morgan fingerprint density at radius 3 is 2.31 bits per heavy atom. The summed E-state index contributed by atoms with van der Waals surface area (Å²) in [4.78, 5) is 9.60. The van der Waals surface area contributed by atoms with Crippen molar-refractivity contribution in [1.29, 1.82) is 0 Å². The Bertz CT molecular complexity index is 226. The average Bonchev–Trinajstić information content (AvgIpc) is 2.38. The highest BCUT2D eigenvalue weighted by atomic mass is 16.5. The molecule has 0 aliphatic rings. The molecule has 0 spiro atoms. The molecule has 0 saturated carbocycles. The molecule has 13 heavy (non-hydrogen) atoms. The van der Waals surface area contributed by atoms with Crippen molar-refractivity contribution in [3.63, 3.8) is 0 Å². The molecule has 0 bridgehead atoms. The van der Waals surface area contributed by atoms with Gasteiger partial charge in [0.05, 0.1) is 6.20 Å². The van der Waals surface area contributed by atoms with Gasteiger partial charge in [0.2, 0.25) is 0 Å². The molecule has 5 nitrogen and oxygen atoms in total. The van der Waals surface area contributed by atoms with E-state index in [1.807, 2.05) is 20.8 Å². The molecule has 5 heteroatoms. The first-order valence-electron chi connectivity index (χ1n) is 3.82. The normalized spacial score (nSPS) is 9.77. The van der Waals surface area contributed by atoms with E-state index in [0.717, 1.165) is 0 Å². The Balaban J connectivity index is 0.000000223. The summed E-state index contributed by atoms with van der Waals surface area (Å²) < 4.78 is 4.55. The first-order valence-corrected chi connectivity index (χ1v) is 3.82. The number of nitrogens with zero attached hydrogens (tertiary/aromatic N) is 1. The molecule has 0 radical (unpaired) electrons. The number of nitrogens with two attached hydrogens (primary N) is 1. The summed E-state index contributed by atoms with van der Waals surface area (Å²) in [6.07, 6.45) is 1.61. The van der Waals surface area contributed by atoms with Crippen LogP contribution in [0.3, 0.4) is 0 Å². The highest BCUT2D eigenvalue weighted by molar-refractivity contribution is 5.37. The molecule has 1 heterocycles. The fraction of sp³-hybridized carbons (Fsp3) is 0.500. The lowest BCUT2D eigenvalue weighted by Gasteiger charge is -2.14. The van der Waals surface area contributed by atoms with E-state index in [2.05, 4.69) is 14.9 Å². The minimum Gasteiger partial charge on any atom is -0.462 e. The van der Waals surface area contributed by atoms with E-state index >= 15 is 0 Å². The Hall–Kier alpha value is -1.52. The third kappa shape index (κ3) is 8.39. The van der Waals surface area contributed by atoms with Crippen LogP contribution in [0.15, 0.2) is 12.3 Å². The summed E-state index contributed by atoms with van der Waals surface area (Å²) in [6, 6.07) is 1.69. The number of hydrogen-bond acceptors (Lipinski definition) is 4. The molecule has 0 amide bonds. The number of anilines is 1. The summed E-state index contributed by atoms with van der Waals surface area (Å²) in [7, 11) is 0. The van der Waals surface area contributed by atoms with Gasteiger partial charge in [0.15, 0.2) is 0 Å². The van der Waals surface area contributed by atoms with E-state index in [1.54, 1.807) is 12.3 Å². The molecule has 1 aromatic rings. The van der Waals surface area contributed by atoms with E-state index in [-0.39, 0.29) is 5.60 Å². The largest absolute Gasteiger partial charge is 0.462 e. The molecular formula is C8H15N3O2. The van der Waals surface area contributed by atoms with Crippen LogP contribution in [0.2, 0.25) is 0 Å². The quantitative estimate of drug-likeness (QED) is 0.638. The predicted octanol–water partition coefficient (Wildman–Crippen LogP) is 0.950. The van der Waals surface area contributed by atoms with Gasteiger partial charge >= 0.3 is 0 Å². The van der Waals surface area contributed by atoms with Crippen LogP contribution in [0, 0.1) is 0 Å². The monoisotopic (exact) mass is 185 g/mol. The summed E-state index contributed by atoms with van der Waals surface area (Å²) in [5.41, 5.74) is 4.84. The molecule has 0 atom stereocenters. The van der Waals surface area contributed by atoms with Crippen LogP contribution in [0.4, 0.5) is 5.82 Å². The lowest BCUT2D eigenvalue weighted by Crippen LogP contribution is -2.17. The summed E-state index contributed by atoms with van der Waals surface area (Å²) in [5.74, 6) is 0.606. The molecule has 0 aromatic carbocycles. The van der Waals surface area contributed by atoms with Gasteiger partial charge in [-0.15, -0.1) is 0 Å². The number of H-pyrrole nitrogens is 1. The fourth-order valence-electron chi connectivity index (χ4n) is 0.411. The average molecular weight is 185 g/mol. The van der Waals surface area contributed by atoms with Crippen LogP contribution in [0.1, 0.15) is 20.8 Å². The van der Waals surface area contributed by atoms with Crippen molar-refractivity contribution in [2.24, 2.45) is 0 Å². The summed E-state index contributed by atoms with van der Waals surface area (Å²) >= 11 is 0. The van der Waals surface area contributed by atoms with Crippen LogP contribution in [-0.2, 0) is 9.53 Å². The maximum absolute atomic E-state index is 9.60. The van der Waals surface area contributed by atoms with Crippen molar-refractivity contribution in [2.45, 2.75) is 26.4 Å². The van der Waals surface area contributed by atoms with Crippen molar-refractivity contribution >= 4 is 12.3 Å². The van der Waals surface area contributed by atoms with Crippen LogP contribution >= 0.6 is 0 Å². The number of aromatic nitrogens is 2. The van der Waals surface area contributed by atoms with Crippen LogP contribution in [0.25, 0.3) is 0 Å². The van der Waals surface area contributed by atoms with Crippen molar-refractivity contribution in [3.05, 3.63) is 12.3 Å². The van der Waals surface area contributed by atoms with Gasteiger partial charge in [-0.1, -0.05) is 0 Å². The Morgan fingerprint density at radius 1 is 1.62 bits per heavy atom. The van der Waals surface area contributed by atoms with Crippen LogP contribution in [0.5, 0.6) is 0 Å². The zero-order valence-electron chi connectivity index (χ0n) is 8.07. The van der Waals surface area contributed by atoms with Gasteiger partial charge in [-0.3, -0.25) is 9.89 Å². The van der Waals surface area contributed by atoms with Crippen molar-refractivity contribution in [1.82, 2.24) is 10.2 Å². The Morgan fingerprint density at radius 2 is 2.23 bits per heavy atom. The molecule has 1 rings (SSSR count). The standard InChI is InChI=1S/C5H10O2.C3H5N3/c1-5(2,3)7-4-6;4-3-1-2-5-6-3/h4H,1-3H3;1-2H,(H3,4,5,6). The van der Waals surface area contributed by atoms with E-state index in [0.29, 0.717) is 12.3 Å². The van der Waals surface area contributed by atoms with Crippen molar-refractivity contribution < 1.29 is 9.53 Å². The van der Waals surface area contributed by atoms with Crippen LogP contribution < -0.4 is 5.73 Å². The number of carbonyl (C=O) groups excluding carboxylic acids is 1. The van der Waals surface area contributed by atoms with Crippen molar-refractivity contribution in [3.8, 4) is 0 Å². The van der Waals surface area contributed by atoms with E-state index in [9.17, 15) is 4.79 Å². The molecule has 74 valence electrons. The van der Waals surface area contributed by atoms with Gasteiger partial charge < -0.3 is 10.5 Å². The molecule has 0 fully saturated rings. The smallest absolute Gasteiger partial charge is 0.293 e. The first kappa shape index (κ1) is 11.5. The summed E-state index contributed by atoms with van der Waals surface area (Å²) in [6.45, 7) is 5.92. The molecule has 0 unspecified atom stereocenters. The maximum atomic E-state index is 9.60. The predicted molar refractivity (Wildman–Crippen MR) is 49.9 cm³/mol.